The molecule has 7 nitrogen and oxygen atoms in total. The van der Waals surface area contributed by atoms with Crippen LogP contribution in [0.5, 0.6) is 0 Å². The highest BCUT2D eigenvalue weighted by molar-refractivity contribution is 6.15. The van der Waals surface area contributed by atoms with Crippen molar-refractivity contribution in [3.63, 3.8) is 0 Å². The van der Waals surface area contributed by atoms with Gasteiger partial charge in [-0.05, 0) is 131 Å². The number of para-hydroxylation sites is 10. The molecular weight excluding hydrogens is 1200 g/mol. The van der Waals surface area contributed by atoms with E-state index in [1.165, 1.54) is 32.3 Å². The molecule has 0 saturated heterocycles. The van der Waals surface area contributed by atoms with Crippen molar-refractivity contribution in [2.45, 2.75) is 0 Å². The third kappa shape index (κ3) is 8.23. The van der Waals surface area contributed by atoms with Crippen molar-refractivity contribution in [2.75, 3.05) is 0 Å². The summed E-state index contributed by atoms with van der Waals surface area (Å²) in [4.78, 5) is 0. The van der Waals surface area contributed by atoms with Gasteiger partial charge in [0.1, 0.15) is 12.1 Å². The maximum atomic E-state index is 12.7. The molecule has 0 aliphatic carbocycles. The van der Waals surface area contributed by atoms with Crippen LogP contribution in [0.25, 0.3) is 182 Å². The summed E-state index contributed by atoms with van der Waals surface area (Å²) in [5, 5.41) is 36.9. The fourth-order valence-corrected chi connectivity index (χ4v) is 16.5. The number of fused-ring (bicyclic) bond motifs is 15. The van der Waals surface area contributed by atoms with Crippen molar-refractivity contribution >= 4 is 109 Å². The smallest absolute Gasteiger partial charge is 0.100 e. The zero-order chi connectivity index (χ0) is 65.4. The van der Waals surface area contributed by atoms with Gasteiger partial charge in [0.05, 0.1) is 77.7 Å². The Kier molecular flexibility index (Phi) is 12.3. The van der Waals surface area contributed by atoms with Crippen LogP contribution in [0.4, 0.5) is 0 Å². The van der Waals surface area contributed by atoms with Crippen LogP contribution in [0.15, 0.2) is 334 Å². The normalized spacial score (nSPS) is 11.8. The molecule has 20 aromatic rings. The number of aromatic nitrogens is 5. The Morgan fingerprint density at radius 2 is 0.374 bits per heavy atom. The minimum Gasteiger partial charge on any atom is -0.309 e. The molecule has 0 atom stereocenters. The van der Waals surface area contributed by atoms with E-state index < -0.39 is 0 Å². The van der Waals surface area contributed by atoms with Crippen molar-refractivity contribution in [1.82, 2.24) is 22.8 Å². The number of nitriles is 2. The zero-order valence-electron chi connectivity index (χ0n) is 53.4. The van der Waals surface area contributed by atoms with E-state index in [9.17, 15) is 10.5 Å². The number of nitrogens with zero attached hydrogens (tertiary/aromatic N) is 7. The molecule has 20 rings (SSSR count). The van der Waals surface area contributed by atoms with E-state index in [0.717, 1.165) is 127 Å². The highest BCUT2D eigenvalue weighted by atomic mass is 15.1. The highest BCUT2D eigenvalue weighted by Gasteiger charge is 2.31. The van der Waals surface area contributed by atoms with E-state index >= 15 is 0 Å². The molecule has 5 aromatic heterocycles. The summed E-state index contributed by atoms with van der Waals surface area (Å²) < 4.78 is 11.7. The monoisotopic (exact) mass is 1260 g/mol. The molecule has 99 heavy (non-hydrogen) atoms. The van der Waals surface area contributed by atoms with Crippen LogP contribution in [0.3, 0.4) is 0 Å². The molecule has 458 valence electrons. The zero-order valence-corrected chi connectivity index (χ0v) is 53.4. The van der Waals surface area contributed by atoms with Crippen molar-refractivity contribution in [3.8, 4) is 85.1 Å². The van der Waals surface area contributed by atoms with Gasteiger partial charge in [0.25, 0.3) is 0 Å². The van der Waals surface area contributed by atoms with E-state index in [2.05, 4.69) is 369 Å². The molecule has 0 aliphatic rings. The van der Waals surface area contributed by atoms with Crippen LogP contribution in [-0.2, 0) is 0 Å². The standard InChI is InChI=1S/C92H55N7/c93-56-75-89(58-41-48-62(49-42-58)95-77-31-11-1-21-65(77)66-22-2-12-32-78(66)95)90(59-43-50-63(51-44-59)96-79-33-13-3-23-67(79)68-24-4-14-34-80(68)96)76(57-94)92(91(75)60-45-52-64(53-46-60)97-81-35-15-5-25-69(81)70-26-6-16-36-82(70)97)61-47-54-87(98-83-37-17-7-27-71(83)72-28-8-18-38-84(72)98)88(55-61)99-85-39-19-9-29-73(85)74-30-10-20-40-86(74)99/h1-55H. The summed E-state index contributed by atoms with van der Waals surface area (Å²) in [7, 11) is 0. The number of hydrogen-bond donors (Lipinski definition) is 0. The summed E-state index contributed by atoms with van der Waals surface area (Å²) in [6, 6.07) is 124. The Morgan fingerprint density at radius 1 is 0.182 bits per heavy atom. The largest absolute Gasteiger partial charge is 0.309 e. The van der Waals surface area contributed by atoms with Gasteiger partial charge in [-0.3, -0.25) is 0 Å². The molecule has 0 saturated carbocycles. The molecule has 5 heterocycles. The molecule has 15 aromatic carbocycles. The number of rotatable bonds is 9. The van der Waals surface area contributed by atoms with Crippen molar-refractivity contribution in [1.29, 1.82) is 10.5 Å². The van der Waals surface area contributed by atoms with Crippen LogP contribution < -0.4 is 0 Å². The van der Waals surface area contributed by atoms with Crippen LogP contribution in [0.2, 0.25) is 0 Å². The Hall–Kier alpha value is -13.7. The Morgan fingerprint density at radius 3 is 0.606 bits per heavy atom. The van der Waals surface area contributed by atoms with E-state index in [1.54, 1.807) is 0 Å². The van der Waals surface area contributed by atoms with E-state index in [-0.39, 0.29) is 0 Å². The average Bonchev–Trinajstić information content (AvgIpc) is 1.60. The van der Waals surface area contributed by atoms with Gasteiger partial charge in [0, 0.05) is 93.2 Å². The lowest BCUT2D eigenvalue weighted by Gasteiger charge is -2.25. The molecule has 0 spiro atoms. The van der Waals surface area contributed by atoms with Crippen molar-refractivity contribution in [3.05, 3.63) is 345 Å². The molecule has 0 fully saturated rings. The molecule has 0 aliphatic heterocycles. The van der Waals surface area contributed by atoms with E-state index in [0.29, 0.717) is 33.4 Å². The third-order valence-corrected chi connectivity index (χ3v) is 20.6. The summed E-state index contributed by atoms with van der Waals surface area (Å²) in [5.41, 5.74) is 22.3. The molecule has 0 radical (unpaired) electrons. The third-order valence-electron chi connectivity index (χ3n) is 20.6. The lowest BCUT2D eigenvalue weighted by molar-refractivity contribution is 1.10. The topological polar surface area (TPSA) is 72.2 Å². The van der Waals surface area contributed by atoms with Gasteiger partial charge in [0.15, 0.2) is 0 Å². The second-order valence-electron chi connectivity index (χ2n) is 25.7. The first-order valence-electron chi connectivity index (χ1n) is 33.5. The minimum atomic E-state index is 0.444. The van der Waals surface area contributed by atoms with Crippen LogP contribution in [0.1, 0.15) is 11.1 Å². The van der Waals surface area contributed by atoms with Crippen molar-refractivity contribution in [2.24, 2.45) is 0 Å². The van der Waals surface area contributed by atoms with Gasteiger partial charge >= 0.3 is 0 Å². The van der Waals surface area contributed by atoms with Crippen LogP contribution in [-0.4, -0.2) is 22.8 Å². The fraction of sp³-hybridized carbons (Fsp3) is 0. The minimum absolute atomic E-state index is 0.444. The first kappa shape index (κ1) is 55.7. The maximum absolute atomic E-state index is 12.7. The highest BCUT2D eigenvalue weighted by Crippen LogP contribution is 2.51. The predicted octanol–water partition coefficient (Wildman–Crippen LogP) is 23.6. The van der Waals surface area contributed by atoms with Gasteiger partial charge in [-0.15, -0.1) is 0 Å². The molecule has 0 amide bonds. The summed E-state index contributed by atoms with van der Waals surface area (Å²) >= 11 is 0. The second kappa shape index (κ2) is 21.9. The first-order valence-corrected chi connectivity index (χ1v) is 33.5. The molecule has 0 unspecified atom stereocenters. The number of hydrogen-bond acceptors (Lipinski definition) is 2. The van der Waals surface area contributed by atoms with Gasteiger partial charge in [-0.2, -0.15) is 10.5 Å². The molecule has 0 N–H and O–H groups in total. The maximum Gasteiger partial charge on any atom is 0.100 e. The second-order valence-corrected chi connectivity index (χ2v) is 25.7. The van der Waals surface area contributed by atoms with E-state index in [4.69, 9.17) is 0 Å². The lowest BCUT2D eigenvalue weighted by Crippen LogP contribution is -2.06. The Labute approximate surface area is 568 Å². The SMILES string of the molecule is N#Cc1c(-c2ccc(-n3c4ccccc4c4ccccc43)cc2)c(-c2ccc(-n3c4ccccc4c4ccccc43)cc2)c(C#N)c(-c2ccc(-n3c4ccccc4c4ccccc43)c(-n3c4ccccc4c4ccccc43)c2)c1-c1ccc(-n2c3ccccc3c3ccccc32)cc1. The lowest BCUT2D eigenvalue weighted by atomic mass is 9.78. The summed E-state index contributed by atoms with van der Waals surface area (Å²) in [5.74, 6) is 0. The van der Waals surface area contributed by atoms with Gasteiger partial charge in [-0.25, -0.2) is 0 Å². The first-order chi connectivity index (χ1) is 49.1. The quantitative estimate of drug-likeness (QED) is 0.144. The van der Waals surface area contributed by atoms with Gasteiger partial charge in [-0.1, -0.05) is 224 Å². The molecule has 0 bridgehead atoms. The van der Waals surface area contributed by atoms with Gasteiger partial charge in [0.2, 0.25) is 0 Å². The molecule has 7 heteroatoms. The summed E-state index contributed by atoms with van der Waals surface area (Å²) in [6.45, 7) is 0. The number of benzene rings is 15. The summed E-state index contributed by atoms with van der Waals surface area (Å²) in [6.07, 6.45) is 0. The molecular formula is C92H55N7. The van der Waals surface area contributed by atoms with Crippen LogP contribution in [0, 0.1) is 22.7 Å². The fourth-order valence-electron chi connectivity index (χ4n) is 16.5. The van der Waals surface area contributed by atoms with Crippen molar-refractivity contribution < 1.29 is 0 Å². The Balaban J connectivity index is 0.900. The van der Waals surface area contributed by atoms with Gasteiger partial charge < -0.3 is 22.8 Å². The predicted molar refractivity (Wildman–Crippen MR) is 409 cm³/mol. The Bertz CT molecular complexity index is 6590. The van der Waals surface area contributed by atoms with E-state index in [1.807, 2.05) is 0 Å². The van der Waals surface area contributed by atoms with Crippen LogP contribution >= 0.6 is 0 Å². The average molecular weight is 1260 g/mol.